The number of hydrogen-bond acceptors (Lipinski definition) is 3. The average Bonchev–Trinajstić information content (AvgIpc) is 2.95. The Balaban J connectivity index is 1.70. The Morgan fingerprint density at radius 3 is 2.50 bits per heavy atom. The van der Waals surface area contributed by atoms with E-state index >= 15 is 0 Å². The molecule has 0 aliphatic carbocycles. The van der Waals surface area contributed by atoms with Crippen LogP contribution in [0.4, 0.5) is 0 Å². The van der Waals surface area contributed by atoms with Gasteiger partial charge in [0.1, 0.15) is 5.69 Å². The Labute approximate surface area is 150 Å². The van der Waals surface area contributed by atoms with Crippen LogP contribution in [0.3, 0.4) is 0 Å². The molecule has 1 heterocycles. The van der Waals surface area contributed by atoms with Crippen LogP contribution in [-0.2, 0) is 6.42 Å². The smallest absolute Gasteiger partial charge is 0.208 e. The Bertz CT molecular complexity index is 781. The normalized spacial score (nSPS) is 12.1. The molecule has 0 aliphatic rings. The third-order valence-electron chi connectivity index (χ3n) is 3.92. The van der Waals surface area contributed by atoms with Crippen molar-refractivity contribution in [3.05, 3.63) is 70.3 Å². The molecule has 0 radical (unpaired) electrons. The molecule has 0 saturated heterocycles. The molecule has 124 valence electrons. The van der Waals surface area contributed by atoms with Crippen LogP contribution in [0.15, 0.2) is 63.6 Å². The lowest BCUT2D eigenvalue weighted by Crippen LogP contribution is -2.13. The molecule has 1 unspecified atom stereocenters. The standard InChI is InChI=1S/C20H20BrNO2/c1-14(8-9-16-6-4-3-5-7-16)23-19-15(2)22-24-20(19)17-10-12-18(21)13-11-17/h3-7,10-14H,8-9H2,1-2H3. The molecule has 4 heteroatoms. The van der Waals surface area contributed by atoms with Gasteiger partial charge in [-0.25, -0.2) is 0 Å². The molecule has 0 aliphatic heterocycles. The van der Waals surface area contributed by atoms with Gasteiger partial charge in [0.15, 0.2) is 5.75 Å². The van der Waals surface area contributed by atoms with Crippen LogP contribution in [-0.4, -0.2) is 11.3 Å². The van der Waals surface area contributed by atoms with Gasteiger partial charge in [0, 0.05) is 10.0 Å². The largest absolute Gasteiger partial charge is 0.485 e. The lowest BCUT2D eigenvalue weighted by molar-refractivity contribution is 0.210. The predicted octanol–water partition coefficient (Wildman–Crippen LogP) is 5.81. The third kappa shape index (κ3) is 4.06. The van der Waals surface area contributed by atoms with Gasteiger partial charge in [0.25, 0.3) is 0 Å². The van der Waals surface area contributed by atoms with E-state index in [4.69, 9.17) is 9.26 Å². The highest BCUT2D eigenvalue weighted by molar-refractivity contribution is 9.10. The van der Waals surface area contributed by atoms with E-state index in [9.17, 15) is 0 Å². The van der Waals surface area contributed by atoms with Crippen molar-refractivity contribution in [3.8, 4) is 17.1 Å². The molecule has 24 heavy (non-hydrogen) atoms. The fourth-order valence-electron chi connectivity index (χ4n) is 2.56. The Morgan fingerprint density at radius 1 is 1.08 bits per heavy atom. The van der Waals surface area contributed by atoms with E-state index in [2.05, 4.69) is 52.3 Å². The van der Waals surface area contributed by atoms with Crippen LogP contribution in [0.25, 0.3) is 11.3 Å². The molecule has 0 fully saturated rings. The second kappa shape index (κ2) is 7.67. The fraction of sp³-hybridized carbons (Fsp3) is 0.250. The topological polar surface area (TPSA) is 35.3 Å². The molecule has 1 aromatic heterocycles. The molecule has 0 spiro atoms. The zero-order chi connectivity index (χ0) is 16.9. The summed E-state index contributed by atoms with van der Waals surface area (Å²) in [5.41, 5.74) is 3.06. The summed E-state index contributed by atoms with van der Waals surface area (Å²) in [6, 6.07) is 18.4. The van der Waals surface area contributed by atoms with Crippen molar-refractivity contribution in [2.45, 2.75) is 32.8 Å². The summed E-state index contributed by atoms with van der Waals surface area (Å²) in [6.45, 7) is 3.99. The highest BCUT2D eigenvalue weighted by atomic mass is 79.9. The molecule has 0 bridgehead atoms. The maximum atomic E-state index is 6.15. The lowest BCUT2D eigenvalue weighted by atomic mass is 10.1. The number of aryl methyl sites for hydroxylation is 2. The highest BCUT2D eigenvalue weighted by Gasteiger charge is 2.19. The van der Waals surface area contributed by atoms with Crippen LogP contribution < -0.4 is 4.74 Å². The van der Waals surface area contributed by atoms with Gasteiger partial charge in [-0.1, -0.05) is 51.4 Å². The maximum absolute atomic E-state index is 6.15. The van der Waals surface area contributed by atoms with Gasteiger partial charge in [0.05, 0.1) is 6.10 Å². The van der Waals surface area contributed by atoms with Crippen LogP contribution in [0.2, 0.25) is 0 Å². The van der Waals surface area contributed by atoms with Crippen molar-refractivity contribution < 1.29 is 9.26 Å². The first-order valence-electron chi connectivity index (χ1n) is 8.06. The summed E-state index contributed by atoms with van der Waals surface area (Å²) < 4.78 is 12.7. The maximum Gasteiger partial charge on any atom is 0.208 e. The first kappa shape index (κ1) is 16.8. The zero-order valence-corrected chi connectivity index (χ0v) is 15.4. The predicted molar refractivity (Wildman–Crippen MR) is 99.2 cm³/mol. The van der Waals surface area contributed by atoms with Crippen molar-refractivity contribution in [2.24, 2.45) is 0 Å². The van der Waals surface area contributed by atoms with Crippen molar-refractivity contribution in [1.29, 1.82) is 0 Å². The van der Waals surface area contributed by atoms with Crippen molar-refractivity contribution >= 4 is 15.9 Å². The Morgan fingerprint density at radius 2 is 1.79 bits per heavy atom. The van der Waals surface area contributed by atoms with Crippen molar-refractivity contribution in [2.75, 3.05) is 0 Å². The number of nitrogens with zero attached hydrogens (tertiary/aromatic N) is 1. The fourth-order valence-corrected chi connectivity index (χ4v) is 2.82. The SMILES string of the molecule is Cc1noc(-c2ccc(Br)cc2)c1OC(C)CCc1ccccc1. The van der Waals surface area contributed by atoms with Gasteiger partial charge in [-0.05, 0) is 56.5 Å². The van der Waals surface area contributed by atoms with Crippen LogP contribution >= 0.6 is 15.9 Å². The second-order valence-electron chi connectivity index (χ2n) is 5.89. The summed E-state index contributed by atoms with van der Waals surface area (Å²) >= 11 is 3.45. The quantitative estimate of drug-likeness (QED) is 0.536. The number of hydrogen-bond donors (Lipinski definition) is 0. The summed E-state index contributed by atoms with van der Waals surface area (Å²) in [5, 5.41) is 4.08. The number of benzene rings is 2. The minimum absolute atomic E-state index is 0.0810. The van der Waals surface area contributed by atoms with E-state index < -0.39 is 0 Å². The van der Waals surface area contributed by atoms with Gasteiger partial charge < -0.3 is 9.26 Å². The van der Waals surface area contributed by atoms with E-state index in [1.54, 1.807) is 0 Å². The minimum atomic E-state index is 0.0810. The van der Waals surface area contributed by atoms with Crippen LogP contribution in [0.5, 0.6) is 5.75 Å². The van der Waals surface area contributed by atoms with Gasteiger partial charge in [-0.2, -0.15) is 0 Å². The summed E-state index contributed by atoms with van der Waals surface area (Å²) in [6.07, 6.45) is 2.01. The molecule has 3 aromatic rings. The van der Waals surface area contributed by atoms with E-state index in [-0.39, 0.29) is 6.10 Å². The molecule has 1 atom stereocenters. The first-order chi connectivity index (χ1) is 11.6. The number of rotatable bonds is 6. The molecular formula is C20H20BrNO2. The Hall–Kier alpha value is -2.07. The van der Waals surface area contributed by atoms with E-state index in [0.717, 1.165) is 34.3 Å². The molecule has 0 saturated carbocycles. The monoisotopic (exact) mass is 385 g/mol. The minimum Gasteiger partial charge on any atom is -0.485 e. The Kier molecular flexibility index (Phi) is 5.36. The van der Waals surface area contributed by atoms with Gasteiger partial charge >= 0.3 is 0 Å². The van der Waals surface area contributed by atoms with Gasteiger partial charge in [0.2, 0.25) is 5.76 Å². The van der Waals surface area contributed by atoms with E-state index in [0.29, 0.717) is 5.76 Å². The van der Waals surface area contributed by atoms with Gasteiger partial charge in [-0.15, -0.1) is 0 Å². The summed E-state index contributed by atoms with van der Waals surface area (Å²) in [7, 11) is 0. The number of ether oxygens (including phenoxy) is 1. The second-order valence-corrected chi connectivity index (χ2v) is 6.80. The van der Waals surface area contributed by atoms with Gasteiger partial charge in [-0.3, -0.25) is 0 Å². The molecule has 0 amide bonds. The zero-order valence-electron chi connectivity index (χ0n) is 13.8. The van der Waals surface area contributed by atoms with Crippen molar-refractivity contribution in [3.63, 3.8) is 0 Å². The molecule has 0 N–H and O–H groups in total. The van der Waals surface area contributed by atoms with E-state index in [1.165, 1.54) is 5.56 Å². The van der Waals surface area contributed by atoms with Crippen LogP contribution in [0, 0.1) is 6.92 Å². The number of halogens is 1. The lowest BCUT2D eigenvalue weighted by Gasteiger charge is -2.14. The van der Waals surface area contributed by atoms with Crippen LogP contribution in [0.1, 0.15) is 24.6 Å². The van der Waals surface area contributed by atoms with Crippen molar-refractivity contribution in [1.82, 2.24) is 5.16 Å². The number of aromatic nitrogens is 1. The molecule has 2 aromatic carbocycles. The average molecular weight is 386 g/mol. The van der Waals surface area contributed by atoms with E-state index in [1.807, 2.05) is 37.3 Å². The summed E-state index contributed by atoms with van der Waals surface area (Å²) in [5.74, 6) is 1.42. The molecular weight excluding hydrogens is 366 g/mol. The highest BCUT2D eigenvalue weighted by Crippen LogP contribution is 2.34. The third-order valence-corrected chi connectivity index (χ3v) is 4.45. The summed E-state index contributed by atoms with van der Waals surface area (Å²) in [4.78, 5) is 0. The first-order valence-corrected chi connectivity index (χ1v) is 8.85. The molecule has 3 nitrogen and oxygen atoms in total. The molecule has 3 rings (SSSR count).